The molecule has 1 unspecified atom stereocenters. The molecule has 4 N–H and O–H groups in total. The summed E-state index contributed by atoms with van der Waals surface area (Å²) in [6, 6.07) is 12.0. The number of amides is 1. The molecule has 98 valence electrons. The minimum atomic E-state index is -1.19. The maximum Gasteiger partial charge on any atom is 0.321 e. The van der Waals surface area contributed by atoms with Gasteiger partial charge in [-0.25, -0.2) is 0 Å². The largest absolute Gasteiger partial charge is 0.480 e. The summed E-state index contributed by atoms with van der Waals surface area (Å²) in [6.07, 6.45) is -0.251. The Balaban J connectivity index is 2.17. The Labute approximate surface area is 110 Å². The molecule has 1 amide bonds. The highest BCUT2D eigenvalue weighted by Gasteiger charge is 2.16. The van der Waals surface area contributed by atoms with Crippen molar-refractivity contribution < 1.29 is 14.7 Å². The number of anilines is 1. The minimum Gasteiger partial charge on any atom is -0.480 e. The molecule has 5 heteroatoms. The van der Waals surface area contributed by atoms with Crippen LogP contribution in [0.5, 0.6) is 0 Å². The van der Waals surface area contributed by atoms with Crippen LogP contribution in [-0.4, -0.2) is 23.0 Å². The van der Waals surface area contributed by atoms with E-state index in [4.69, 9.17) is 10.8 Å². The number of rotatable bonds is 4. The number of nitrogens with one attached hydrogen (secondary N) is 1. The highest BCUT2D eigenvalue weighted by molar-refractivity contribution is 6.03. The number of aliphatic carboxylic acids is 1. The van der Waals surface area contributed by atoms with Crippen LogP contribution in [0.25, 0.3) is 10.8 Å². The number of hydrogen-bond donors (Lipinski definition) is 3. The van der Waals surface area contributed by atoms with E-state index < -0.39 is 17.9 Å². The lowest BCUT2D eigenvalue weighted by molar-refractivity contribution is -0.140. The van der Waals surface area contributed by atoms with E-state index >= 15 is 0 Å². The first-order valence-corrected chi connectivity index (χ1v) is 5.84. The zero-order valence-corrected chi connectivity index (χ0v) is 10.2. The predicted molar refractivity (Wildman–Crippen MR) is 72.8 cm³/mol. The van der Waals surface area contributed by atoms with Gasteiger partial charge in [0.2, 0.25) is 5.91 Å². The molecule has 0 aliphatic rings. The molecule has 0 heterocycles. The highest BCUT2D eigenvalue weighted by atomic mass is 16.4. The van der Waals surface area contributed by atoms with Crippen molar-refractivity contribution in [1.82, 2.24) is 0 Å². The summed E-state index contributed by atoms with van der Waals surface area (Å²) < 4.78 is 0. The fraction of sp³-hybridized carbons (Fsp3) is 0.143. The Morgan fingerprint density at radius 3 is 2.58 bits per heavy atom. The maximum absolute atomic E-state index is 11.7. The van der Waals surface area contributed by atoms with Crippen LogP contribution >= 0.6 is 0 Å². The van der Waals surface area contributed by atoms with Gasteiger partial charge in [0.05, 0.1) is 6.42 Å². The number of carboxylic acids is 1. The third kappa shape index (κ3) is 3.08. The molecule has 0 spiro atoms. The number of benzene rings is 2. The van der Waals surface area contributed by atoms with E-state index in [1.807, 2.05) is 36.4 Å². The fourth-order valence-corrected chi connectivity index (χ4v) is 1.82. The molecular formula is C14H14N2O3. The molecule has 5 nitrogen and oxygen atoms in total. The van der Waals surface area contributed by atoms with E-state index in [9.17, 15) is 9.59 Å². The summed E-state index contributed by atoms with van der Waals surface area (Å²) in [7, 11) is 0. The van der Waals surface area contributed by atoms with Crippen molar-refractivity contribution in [2.24, 2.45) is 5.73 Å². The van der Waals surface area contributed by atoms with Gasteiger partial charge in [0.25, 0.3) is 0 Å². The van der Waals surface area contributed by atoms with Crippen LogP contribution in [0, 0.1) is 0 Å². The number of carboxylic acid groups (broad SMARTS) is 1. The highest BCUT2D eigenvalue weighted by Crippen LogP contribution is 2.22. The van der Waals surface area contributed by atoms with Gasteiger partial charge in [-0.1, -0.05) is 36.4 Å². The standard InChI is InChI=1S/C14H14N2O3/c15-11(14(18)19)8-13(17)16-12-7-3-5-9-4-1-2-6-10(9)12/h1-7,11H,8,15H2,(H,16,17)(H,18,19). The van der Waals surface area contributed by atoms with E-state index in [-0.39, 0.29) is 6.42 Å². The van der Waals surface area contributed by atoms with Crippen molar-refractivity contribution in [1.29, 1.82) is 0 Å². The second kappa shape index (κ2) is 5.49. The summed E-state index contributed by atoms with van der Waals surface area (Å²) >= 11 is 0. The Bertz CT molecular complexity index is 620. The summed E-state index contributed by atoms with van der Waals surface area (Å²) in [6.45, 7) is 0. The molecule has 1 atom stereocenters. The summed E-state index contributed by atoms with van der Waals surface area (Å²) in [5, 5.41) is 13.3. The van der Waals surface area contributed by atoms with Crippen LogP contribution in [0.2, 0.25) is 0 Å². The van der Waals surface area contributed by atoms with Gasteiger partial charge in [-0.3, -0.25) is 9.59 Å². The second-order valence-corrected chi connectivity index (χ2v) is 4.22. The minimum absolute atomic E-state index is 0.251. The number of carbonyl (C=O) groups is 2. The van der Waals surface area contributed by atoms with Crippen LogP contribution in [-0.2, 0) is 9.59 Å². The van der Waals surface area contributed by atoms with Gasteiger partial charge in [-0.15, -0.1) is 0 Å². The Morgan fingerprint density at radius 2 is 1.84 bits per heavy atom. The fourth-order valence-electron chi connectivity index (χ4n) is 1.82. The third-order valence-corrected chi connectivity index (χ3v) is 2.79. The number of fused-ring (bicyclic) bond motifs is 1. The van der Waals surface area contributed by atoms with Crippen LogP contribution in [0.1, 0.15) is 6.42 Å². The first-order chi connectivity index (χ1) is 9.08. The molecule has 2 aromatic rings. The van der Waals surface area contributed by atoms with E-state index in [0.29, 0.717) is 5.69 Å². The van der Waals surface area contributed by atoms with Gasteiger partial charge < -0.3 is 16.2 Å². The number of nitrogens with two attached hydrogens (primary N) is 1. The van der Waals surface area contributed by atoms with E-state index in [1.54, 1.807) is 6.07 Å². The van der Waals surface area contributed by atoms with Gasteiger partial charge in [-0.2, -0.15) is 0 Å². The van der Waals surface area contributed by atoms with Crippen molar-refractivity contribution in [2.45, 2.75) is 12.5 Å². The Hall–Kier alpha value is -2.40. The van der Waals surface area contributed by atoms with Crippen LogP contribution < -0.4 is 11.1 Å². The van der Waals surface area contributed by atoms with Crippen molar-refractivity contribution in [2.75, 3.05) is 5.32 Å². The third-order valence-electron chi connectivity index (χ3n) is 2.79. The number of hydrogen-bond acceptors (Lipinski definition) is 3. The van der Waals surface area contributed by atoms with Gasteiger partial charge in [0.1, 0.15) is 6.04 Å². The molecule has 2 aromatic carbocycles. The Morgan fingerprint density at radius 1 is 1.16 bits per heavy atom. The topological polar surface area (TPSA) is 92.4 Å². The molecule has 2 rings (SSSR count). The average molecular weight is 258 g/mol. The van der Waals surface area contributed by atoms with Gasteiger partial charge in [-0.05, 0) is 11.5 Å². The van der Waals surface area contributed by atoms with Crippen LogP contribution in [0.4, 0.5) is 5.69 Å². The van der Waals surface area contributed by atoms with Crippen molar-refractivity contribution in [3.05, 3.63) is 42.5 Å². The molecule has 0 saturated heterocycles. The summed E-state index contributed by atoms with van der Waals surface area (Å²) in [5.41, 5.74) is 5.98. The molecule has 19 heavy (non-hydrogen) atoms. The first-order valence-electron chi connectivity index (χ1n) is 5.84. The van der Waals surface area contributed by atoms with E-state index in [1.165, 1.54) is 0 Å². The predicted octanol–water partition coefficient (Wildman–Crippen LogP) is 1.58. The average Bonchev–Trinajstić information content (AvgIpc) is 2.39. The van der Waals surface area contributed by atoms with Gasteiger partial charge in [0.15, 0.2) is 0 Å². The lowest BCUT2D eigenvalue weighted by atomic mass is 10.1. The summed E-state index contributed by atoms with van der Waals surface area (Å²) in [4.78, 5) is 22.3. The van der Waals surface area contributed by atoms with Crippen LogP contribution in [0.15, 0.2) is 42.5 Å². The zero-order valence-electron chi connectivity index (χ0n) is 10.2. The lowest BCUT2D eigenvalue weighted by Crippen LogP contribution is -2.34. The van der Waals surface area contributed by atoms with Crippen LogP contribution in [0.3, 0.4) is 0 Å². The first kappa shape index (κ1) is 13.0. The number of carbonyl (C=O) groups excluding carboxylic acids is 1. The van der Waals surface area contributed by atoms with E-state index in [0.717, 1.165) is 10.8 Å². The molecule has 0 aliphatic carbocycles. The molecule has 0 bridgehead atoms. The lowest BCUT2D eigenvalue weighted by Gasteiger charge is -2.10. The van der Waals surface area contributed by atoms with E-state index in [2.05, 4.69) is 5.32 Å². The molecular weight excluding hydrogens is 244 g/mol. The molecule has 0 aliphatic heterocycles. The van der Waals surface area contributed by atoms with Crippen molar-refractivity contribution in [3.8, 4) is 0 Å². The van der Waals surface area contributed by atoms with Gasteiger partial charge >= 0.3 is 5.97 Å². The normalized spacial score (nSPS) is 12.1. The molecule has 0 saturated carbocycles. The quantitative estimate of drug-likeness (QED) is 0.776. The van der Waals surface area contributed by atoms with Crippen molar-refractivity contribution >= 4 is 28.3 Å². The molecule has 0 radical (unpaired) electrons. The summed E-state index contributed by atoms with van der Waals surface area (Å²) in [5.74, 6) is -1.60. The molecule has 0 fully saturated rings. The Kier molecular flexibility index (Phi) is 3.77. The molecule has 0 aromatic heterocycles. The monoisotopic (exact) mass is 258 g/mol. The van der Waals surface area contributed by atoms with Crippen molar-refractivity contribution in [3.63, 3.8) is 0 Å². The smallest absolute Gasteiger partial charge is 0.321 e. The van der Waals surface area contributed by atoms with Gasteiger partial charge in [0, 0.05) is 11.1 Å². The zero-order chi connectivity index (χ0) is 13.8. The SMILES string of the molecule is NC(CC(=O)Nc1cccc2ccccc12)C(=O)O. The maximum atomic E-state index is 11.7. The second-order valence-electron chi connectivity index (χ2n) is 4.22.